The van der Waals surface area contributed by atoms with Crippen molar-refractivity contribution in [3.05, 3.63) is 29.8 Å². The van der Waals surface area contributed by atoms with E-state index in [1.165, 1.54) is 10.5 Å². The molecular formula is C15H21NO2S. The minimum atomic E-state index is -0.675. The van der Waals surface area contributed by atoms with Crippen LogP contribution in [0.2, 0.25) is 0 Å². The van der Waals surface area contributed by atoms with E-state index in [2.05, 4.69) is 35.4 Å². The van der Waals surface area contributed by atoms with Crippen molar-refractivity contribution >= 4 is 17.7 Å². The highest BCUT2D eigenvalue weighted by Gasteiger charge is 2.22. The Bertz CT molecular complexity index is 419. The molecule has 19 heavy (non-hydrogen) atoms. The molecule has 4 heteroatoms. The van der Waals surface area contributed by atoms with Gasteiger partial charge in [-0.15, -0.1) is 11.8 Å². The SMILES string of the molecule is CSc1ccc(CN2CCC(CCC(=O)O)C2)cc1. The molecule has 1 N–H and O–H groups in total. The highest BCUT2D eigenvalue weighted by Crippen LogP contribution is 2.23. The van der Waals surface area contributed by atoms with Crippen LogP contribution in [0.5, 0.6) is 0 Å². The van der Waals surface area contributed by atoms with Gasteiger partial charge in [-0.25, -0.2) is 0 Å². The van der Waals surface area contributed by atoms with Gasteiger partial charge in [-0.05, 0) is 49.3 Å². The second-order valence-corrected chi connectivity index (χ2v) is 6.05. The molecule has 0 radical (unpaired) electrons. The van der Waals surface area contributed by atoms with Crippen molar-refractivity contribution in [1.29, 1.82) is 0 Å². The van der Waals surface area contributed by atoms with Crippen molar-refractivity contribution in [1.82, 2.24) is 4.90 Å². The van der Waals surface area contributed by atoms with Crippen molar-refractivity contribution < 1.29 is 9.90 Å². The molecule has 104 valence electrons. The molecule has 0 aromatic heterocycles. The first-order valence-corrected chi connectivity index (χ1v) is 7.97. The summed E-state index contributed by atoms with van der Waals surface area (Å²) in [5.74, 6) is -0.118. The van der Waals surface area contributed by atoms with Gasteiger partial charge >= 0.3 is 5.97 Å². The molecule has 0 saturated carbocycles. The summed E-state index contributed by atoms with van der Waals surface area (Å²) in [7, 11) is 0. The van der Waals surface area contributed by atoms with Crippen molar-refractivity contribution in [2.75, 3.05) is 19.3 Å². The number of thioether (sulfide) groups is 1. The van der Waals surface area contributed by atoms with Crippen LogP contribution in [0, 0.1) is 5.92 Å². The third-order valence-corrected chi connectivity index (χ3v) is 4.45. The van der Waals surface area contributed by atoms with Gasteiger partial charge < -0.3 is 5.11 Å². The van der Waals surface area contributed by atoms with E-state index in [1.807, 2.05) is 0 Å². The van der Waals surface area contributed by atoms with E-state index in [4.69, 9.17) is 5.11 Å². The second-order valence-electron chi connectivity index (χ2n) is 5.17. The molecule has 0 bridgehead atoms. The summed E-state index contributed by atoms with van der Waals surface area (Å²) in [4.78, 5) is 14.3. The van der Waals surface area contributed by atoms with Crippen LogP contribution >= 0.6 is 11.8 Å². The Morgan fingerprint density at radius 1 is 1.42 bits per heavy atom. The number of carboxylic acids is 1. The summed E-state index contributed by atoms with van der Waals surface area (Å²) in [5, 5.41) is 8.71. The Morgan fingerprint density at radius 2 is 2.16 bits per heavy atom. The molecule has 1 aromatic rings. The van der Waals surface area contributed by atoms with Crippen molar-refractivity contribution in [3.8, 4) is 0 Å². The molecule has 0 aliphatic carbocycles. The van der Waals surface area contributed by atoms with E-state index in [0.717, 1.165) is 32.5 Å². The van der Waals surface area contributed by atoms with Gasteiger partial charge in [-0.3, -0.25) is 9.69 Å². The molecule has 1 atom stereocenters. The summed E-state index contributed by atoms with van der Waals surface area (Å²) >= 11 is 1.76. The maximum atomic E-state index is 10.6. The Morgan fingerprint density at radius 3 is 2.79 bits per heavy atom. The monoisotopic (exact) mass is 279 g/mol. The van der Waals surface area contributed by atoms with Gasteiger partial charge in [0.05, 0.1) is 0 Å². The largest absolute Gasteiger partial charge is 0.481 e. The van der Waals surface area contributed by atoms with Gasteiger partial charge in [-0.2, -0.15) is 0 Å². The smallest absolute Gasteiger partial charge is 0.303 e. The van der Waals surface area contributed by atoms with Gasteiger partial charge in [-0.1, -0.05) is 12.1 Å². The van der Waals surface area contributed by atoms with Gasteiger partial charge in [0.2, 0.25) is 0 Å². The normalized spacial score (nSPS) is 19.7. The number of hydrogen-bond acceptors (Lipinski definition) is 3. The number of aliphatic carboxylic acids is 1. The number of hydrogen-bond donors (Lipinski definition) is 1. The summed E-state index contributed by atoms with van der Waals surface area (Å²) in [6, 6.07) is 8.71. The maximum absolute atomic E-state index is 10.6. The van der Waals surface area contributed by atoms with E-state index >= 15 is 0 Å². The van der Waals surface area contributed by atoms with E-state index in [-0.39, 0.29) is 0 Å². The number of carbonyl (C=O) groups is 1. The molecule has 3 nitrogen and oxygen atoms in total. The third-order valence-electron chi connectivity index (χ3n) is 3.70. The van der Waals surface area contributed by atoms with Crippen LogP contribution in [-0.2, 0) is 11.3 Å². The van der Waals surface area contributed by atoms with Crippen LogP contribution in [0.3, 0.4) is 0 Å². The first-order chi connectivity index (χ1) is 9.17. The van der Waals surface area contributed by atoms with Crippen molar-refractivity contribution in [2.45, 2.75) is 30.7 Å². The fourth-order valence-electron chi connectivity index (χ4n) is 2.61. The van der Waals surface area contributed by atoms with Gasteiger partial charge in [0.1, 0.15) is 0 Å². The minimum absolute atomic E-state index is 0.306. The lowest BCUT2D eigenvalue weighted by Crippen LogP contribution is -2.20. The first kappa shape index (κ1) is 14.4. The molecule has 0 spiro atoms. The summed E-state index contributed by atoms with van der Waals surface area (Å²) in [5.41, 5.74) is 1.34. The predicted molar refractivity (Wildman–Crippen MR) is 78.5 cm³/mol. The summed E-state index contributed by atoms with van der Waals surface area (Å²) in [6.07, 6.45) is 4.34. The average Bonchev–Trinajstić information content (AvgIpc) is 2.85. The first-order valence-electron chi connectivity index (χ1n) is 6.74. The average molecular weight is 279 g/mol. The lowest BCUT2D eigenvalue weighted by Gasteiger charge is -2.16. The molecule has 1 unspecified atom stereocenters. The third kappa shape index (κ3) is 4.55. The van der Waals surface area contributed by atoms with Crippen molar-refractivity contribution in [3.63, 3.8) is 0 Å². The van der Waals surface area contributed by atoms with E-state index in [9.17, 15) is 4.79 Å². The Labute approximate surface area is 119 Å². The highest BCUT2D eigenvalue weighted by molar-refractivity contribution is 7.98. The Balaban J connectivity index is 1.79. The zero-order valence-electron chi connectivity index (χ0n) is 11.3. The van der Waals surface area contributed by atoms with Crippen LogP contribution in [0.15, 0.2) is 29.2 Å². The molecule has 1 heterocycles. The molecule has 1 saturated heterocycles. The van der Waals surface area contributed by atoms with E-state index in [1.54, 1.807) is 11.8 Å². The van der Waals surface area contributed by atoms with Gasteiger partial charge in [0.15, 0.2) is 0 Å². The molecule has 0 amide bonds. The standard InChI is InChI=1S/C15H21NO2S/c1-19-14-5-2-12(3-6-14)10-16-9-8-13(11-16)4-7-15(17)18/h2-3,5-6,13H,4,7-11H2,1H3,(H,17,18). The highest BCUT2D eigenvalue weighted by atomic mass is 32.2. The van der Waals surface area contributed by atoms with Crippen LogP contribution in [0.4, 0.5) is 0 Å². The van der Waals surface area contributed by atoms with Crippen LogP contribution in [-0.4, -0.2) is 35.3 Å². The molecule has 1 aromatic carbocycles. The number of benzene rings is 1. The van der Waals surface area contributed by atoms with E-state index < -0.39 is 5.97 Å². The minimum Gasteiger partial charge on any atom is -0.481 e. The molecule has 1 aliphatic heterocycles. The predicted octanol–water partition coefficient (Wildman–Crippen LogP) is 3.10. The number of nitrogens with zero attached hydrogens (tertiary/aromatic N) is 1. The summed E-state index contributed by atoms with van der Waals surface area (Å²) in [6.45, 7) is 3.12. The zero-order chi connectivity index (χ0) is 13.7. The Hall–Kier alpha value is -1.00. The zero-order valence-corrected chi connectivity index (χ0v) is 12.2. The van der Waals surface area contributed by atoms with E-state index in [0.29, 0.717) is 12.3 Å². The fourth-order valence-corrected chi connectivity index (χ4v) is 3.02. The molecule has 1 fully saturated rings. The van der Waals surface area contributed by atoms with Crippen LogP contribution in [0.1, 0.15) is 24.8 Å². The second kappa shape index (κ2) is 6.96. The van der Waals surface area contributed by atoms with Gasteiger partial charge in [0.25, 0.3) is 0 Å². The number of carboxylic acid groups (broad SMARTS) is 1. The van der Waals surface area contributed by atoms with Crippen LogP contribution < -0.4 is 0 Å². The topological polar surface area (TPSA) is 40.5 Å². The van der Waals surface area contributed by atoms with Crippen LogP contribution in [0.25, 0.3) is 0 Å². The quantitative estimate of drug-likeness (QED) is 0.812. The molecule has 1 aliphatic rings. The fraction of sp³-hybridized carbons (Fsp3) is 0.533. The van der Waals surface area contributed by atoms with Crippen molar-refractivity contribution in [2.24, 2.45) is 5.92 Å². The summed E-state index contributed by atoms with van der Waals surface area (Å²) < 4.78 is 0. The Kier molecular flexibility index (Phi) is 5.28. The lowest BCUT2D eigenvalue weighted by atomic mass is 10.0. The molecule has 2 rings (SSSR count). The van der Waals surface area contributed by atoms with Gasteiger partial charge in [0, 0.05) is 24.4 Å². The number of likely N-dealkylation sites (tertiary alicyclic amines) is 1. The molecular weight excluding hydrogens is 258 g/mol. The number of rotatable bonds is 6. The maximum Gasteiger partial charge on any atom is 0.303 e. The lowest BCUT2D eigenvalue weighted by molar-refractivity contribution is -0.137.